The molecule has 0 unspecified atom stereocenters. The average Bonchev–Trinajstić information content (AvgIpc) is 2.64. The van der Waals surface area contributed by atoms with Crippen molar-refractivity contribution in [2.24, 2.45) is 5.73 Å². The fourth-order valence-corrected chi connectivity index (χ4v) is 5.23. The monoisotopic (exact) mass is 391 g/mol. The number of nitrogens with zero attached hydrogens (tertiary/aromatic N) is 2. The van der Waals surface area contributed by atoms with E-state index in [1.807, 2.05) is 20.2 Å². The van der Waals surface area contributed by atoms with Gasteiger partial charge in [-0.1, -0.05) is 19.1 Å². The molecule has 0 spiro atoms. The molecule has 0 atom stereocenters. The van der Waals surface area contributed by atoms with Gasteiger partial charge in [-0.05, 0) is 83.2 Å². The zero-order valence-corrected chi connectivity index (χ0v) is 17.4. The maximum absolute atomic E-state index is 13.9. The number of amides is 2. The van der Waals surface area contributed by atoms with Crippen LogP contribution in [0.1, 0.15) is 63.9 Å². The zero-order chi connectivity index (χ0) is 20.6. The molecule has 2 aliphatic rings. The highest BCUT2D eigenvalue weighted by Crippen LogP contribution is 2.48. The van der Waals surface area contributed by atoms with Crippen LogP contribution in [0.2, 0.25) is 0 Å². The molecule has 28 heavy (non-hydrogen) atoms. The minimum Gasteiger partial charge on any atom is -0.388 e. The molecule has 6 heteroatoms. The lowest BCUT2D eigenvalue weighted by atomic mass is 9.66. The maximum atomic E-state index is 13.9. The van der Waals surface area contributed by atoms with Crippen molar-refractivity contribution in [2.45, 2.75) is 75.0 Å². The molecule has 156 valence electrons. The second kappa shape index (κ2) is 7.64. The minimum absolute atomic E-state index is 0.225. The summed E-state index contributed by atoms with van der Waals surface area (Å²) in [5.41, 5.74) is 5.35. The fraction of sp³-hybridized carbons (Fsp3) is 0.682. The molecule has 2 amide bonds. The predicted octanol–water partition coefficient (Wildman–Crippen LogP) is 3.60. The molecule has 0 bridgehead atoms. The van der Waals surface area contributed by atoms with Crippen molar-refractivity contribution in [3.05, 3.63) is 35.6 Å². The molecule has 2 fully saturated rings. The number of hydrogen-bond donors (Lipinski definition) is 2. The molecule has 3 rings (SSSR count). The number of rotatable bonds is 6. The molecule has 2 aliphatic carbocycles. The third kappa shape index (κ3) is 3.64. The van der Waals surface area contributed by atoms with Gasteiger partial charge in [-0.15, -0.1) is 0 Å². The van der Waals surface area contributed by atoms with E-state index in [2.05, 4.69) is 11.8 Å². The molecular weight excluding hydrogens is 357 g/mol. The number of benzene rings is 1. The lowest BCUT2D eigenvalue weighted by molar-refractivity contribution is -0.0814. The van der Waals surface area contributed by atoms with Crippen molar-refractivity contribution in [2.75, 3.05) is 20.6 Å². The van der Waals surface area contributed by atoms with Crippen LogP contribution in [-0.4, -0.2) is 52.7 Å². The van der Waals surface area contributed by atoms with E-state index >= 15 is 0 Å². The van der Waals surface area contributed by atoms with E-state index in [9.17, 15) is 14.3 Å². The molecule has 1 aromatic carbocycles. The van der Waals surface area contributed by atoms with Crippen LogP contribution >= 0.6 is 0 Å². The summed E-state index contributed by atoms with van der Waals surface area (Å²) in [5.74, 6) is -0.225. The molecule has 2 saturated carbocycles. The smallest absolute Gasteiger partial charge is 0.315 e. The first-order valence-electron chi connectivity index (χ1n) is 10.4. The maximum Gasteiger partial charge on any atom is 0.315 e. The summed E-state index contributed by atoms with van der Waals surface area (Å²) >= 11 is 0. The van der Waals surface area contributed by atoms with Gasteiger partial charge >= 0.3 is 6.03 Å². The Hall–Kier alpha value is -1.66. The van der Waals surface area contributed by atoms with Gasteiger partial charge < -0.3 is 15.7 Å². The van der Waals surface area contributed by atoms with Crippen LogP contribution < -0.4 is 5.73 Å². The number of primary amides is 1. The number of carbonyl (C=O) groups is 1. The molecule has 3 N–H and O–H groups in total. The van der Waals surface area contributed by atoms with Crippen molar-refractivity contribution in [3.8, 4) is 0 Å². The lowest BCUT2D eigenvalue weighted by Gasteiger charge is -2.55. The molecule has 0 heterocycles. The number of hydrogen-bond acceptors (Lipinski definition) is 3. The van der Waals surface area contributed by atoms with Crippen LogP contribution in [-0.2, 0) is 5.54 Å². The normalized spacial score (nSPS) is 29.4. The standard InChI is InChI=1S/C22H34FN3O2/c1-4-20(26(19(24)27)16-21(28)9-6-10-21)11-13-22(14-12-20,25(2)3)17-7-5-8-18(23)15-17/h5,7-8,15,28H,4,6,9-14,16H2,1-3H3,(H2,24,27)/t20-,22+. The van der Waals surface area contributed by atoms with E-state index in [-0.39, 0.29) is 16.9 Å². The molecule has 0 saturated heterocycles. The molecule has 0 radical (unpaired) electrons. The molecular formula is C22H34FN3O2. The number of aliphatic hydroxyl groups is 1. The van der Waals surface area contributed by atoms with E-state index in [4.69, 9.17) is 5.73 Å². The van der Waals surface area contributed by atoms with Crippen molar-refractivity contribution in [3.63, 3.8) is 0 Å². The Labute approximate surface area is 167 Å². The number of β-amino-alcohol motifs (C(OH)–C–C–N with tert-alkyl or cyclic N) is 1. The zero-order valence-electron chi connectivity index (χ0n) is 17.4. The Morgan fingerprint density at radius 1 is 1.18 bits per heavy atom. The number of carbonyl (C=O) groups excluding carboxylic acids is 1. The number of nitrogens with two attached hydrogens (primary N) is 1. The van der Waals surface area contributed by atoms with Gasteiger partial charge in [0.2, 0.25) is 0 Å². The number of halogens is 1. The first kappa shape index (κ1) is 21.1. The minimum atomic E-state index is -0.796. The Kier molecular flexibility index (Phi) is 5.74. The topological polar surface area (TPSA) is 69.8 Å². The van der Waals surface area contributed by atoms with Gasteiger partial charge in [0.05, 0.1) is 12.1 Å². The fourth-order valence-electron chi connectivity index (χ4n) is 5.23. The van der Waals surface area contributed by atoms with Gasteiger partial charge in [0.1, 0.15) is 5.82 Å². The summed E-state index contributed by atoms with van der Waals surface area (Å²) in [7, 11) is 4.07. The van der Waals surface area contributed by atoms with Gasteiger partial charge in [-0.3, -0.25) is 4.90 Å². The quantitative estimate of drug-likeness (QED) is 0.778. The largest absolute Gasteiger partial charge is 0.388 e. The van der Waals surface area contributed by atoms with Crippen molar-refractivity contribution < 1.29 is 14.3 Å². The summed E-state index contributed by atoms with van der Waals surface area (Å²) in [4.78, 5) is 16.3. The summed E-state index contributed by atoms with van der Waals surface area (Å²) in [5, 5.41) is 10.7. The second-order valence-electron chi connectivity index (χ2n) is 9.02. The van der Waals surface area contributed by atoms with Gasteiger partial charge in [0.15, 0.2) is 0 Å². The molecule has 1 aromatic rings. The van der Waals surface area contributed by atoms with E-state index in [1.54, 1.807) is 17.0 Å². The SMILES string of the molecule is CC[C@]1(N(CC2(O)CCC2)C(N)=O)CC[C@@](c2cccc(F)c2)(N(C)C)CC1. The van der Waals surface area contributed by atoms with Crippen LogP contribution in [0.3, 0.4) is 0 Å². The summed E-state index contributed by atoms with van der Waals surface area (Å²) in [6, 6.07) is 6.40. The van der Waals surface area contributed by atoms with Gasteiger partial charge in [-0.25, -0.2) is 9.18 Å². The lowest BCUT2D eigenvalue weighted by Crippen LogP contribution is -2.63. The highest BCUT2D eigenvalue weighted by molar-refractivity contribution is 5.73. The van der Waals surface area contributed by atoms with Crippen LogP contribution in [0.4, 0.5) is 9.18 Å². The molecule has 0 aliphatic heterocycles. The number of urea groups is 1. The predicted molar refractivity (Wildman–Crippen MR) is 108 cm³/mol. The average molecular weight is 392 g/mol. The highest BCUT2D eigenvalue weighted by atomic mass is 19.1. The van der Waals surface area contributed by atoms with Crippen molar-refractivity contribution in [1.82, 2.24) is 9.80 Å². The third-order valence-electron chi connectivity index (χ3n) is 7.46. The van der Waals surface area contributed by atoms with Gasteiger partial charge in [0, 0.05) is 11.1 Å². The highest BCUT2D eigenvalue weighted by Gasteiger charge is 2.50. The van der Waals surface area contributed by atoms with Crippen LogP contribution in [0.5, 0.6) is 0 Å². The summed E-state index contributed by atoms with van der Waals surface area (Å²) < 4.78 is 13.9. The van der Waals surface area contributed by atoms with E-state index in [1.165, 1.54) is 6.07 Å². The molecule has 5 nitrogen and oxygen atoms in total. The Bertz CT molecular complexity index is 709. The third-order valence-corrected chi connectivity index (χ3v) is 7.46. The Balaban J connectivity index is 1.87. The molecule has 0 aromatic heterocycles. The van der Waals surface area contributed by atoms with Crippen LogP contribution in [0.15, 0.2) is 24.3 Å². The summed E-state index contributed by atoms with van der Waals surface area (Å²) in [6.45, 7) is 2.40. The van der Waals surface area contributed by atoms with E-state index < -0.39 is 11.6 Å². The Morgan fingerprint density at radius 3 is 2.25 bits per heavy atom. The summed E-state index contributed by atoms with van der Waals surface area (Å²) in [6.07, 6.45) is 6.39. The first-order valence-corrected chi connectivity index (χ1v) is 10.4. The van der Waals surface area contributed by atoms with Gasteiger partial charge in [0.25, 0.3) is 0 Å². The van der Waals surface area contributed by atoms with Gasteiger partial charge in [-0.2, -0.15) is 0 Å². The van der Waals surface area contributed by atoms with Crippen LogP contribution in [0.25, 0.3) is 0 Å². The first-order chi connectivity index (χ1) is 13.2. The van der Waals surface area contributed by atoms with E-state index in [0.717, 1.165) is 56.9 Å². The Morgan fingerprint density at radius 2 is 1.82 bits per heavy atom. The van der Waals surface area contributed by atoms with Crippen molar-refractivity contribution >= 4 is 6.03 Å². The van der Waals surface area contributed by atoms with Crippen LogP contribution in [0, 0.1) is 5.82 Å². The second-order valence-corrected chi connectivity index (χ2v) is 9.02. The van der Waals surface area contributed by atoms with Crippen molar-refractivity contribution in [1.29, 1.82) is 0 Å². The van der Waals surface area contributed by atoms with E-state index in [0.29, 0.717) is 6.54 Å².